The van der Waals surface area contributed by atoms with Gasteiger partial charge in [-0.15, -0.1) is 6.42 Å². The van der Waals surface area contributed by atoms with Crippen molar-refractivity contribution in [2.45, 2.75) is 26.9 Å². The van der Waals surface area contributed by atoms with Crippen LogP contribution in [0.2, 0.25) is 0 Å². The van der Waals surface area contributed by atoms with Crippen LogP contribution in [-0.2, 0) is 0 Å². The SMILES string of the molecule is C#C/C=C\C1=C(C)C(=N/C)/C(=C\C)C=C1C(=C/C=C)/C=C(C)/C(=N/C)NC(N=C)/C(C=C)=C/C=C. The van der Waals surface area contributed by atoms with Crippen LogP contribution in [0.15, 0.2) is 134 Å². The third-order valence-corrected chi connectivity index (χ3v) is 5.40. The predicted octanol–water partition coefficient (Wildman–Crippen LogP) is 6.45. The zero-order valence-corrected chi connectivity index (χ0v) is 21.6. The monoisotopic (exact) mass is 464 g/mol. The second-order valence-electron chi connectivity index (χ2n) is 7.51. The Morgan fingerprint density at radius 2 is 1.86 bits per heavy atom. The van der Waals surface area contributed by atoms with E-state index in [1.165, 1.54) is 0 Å². The van der Waals surface area contributed by atoms with Gasteiger partial charge in [-0.1, -0.05) is 62.1 Å². The number of nitrogens with one attached hydrogen (secondary N) is 1. The molecule has 0 saturated carbocycles. The zero-order valence-electron chi connectivity index (χ0n) is 21.6. The van der Waals surface area contributed by atoms with Crippen molar-refractivity contribution in [2.24, 2.45) is 15.0 Å². The van der Waals surface area contributed by atoms with E-state index in [9.17, 15) is 0 Å². The molecule has 0 saturated heterocycles. The molecular weight excluding hydrogens is 428 g/mol. The number of hydrogen-bond donors (Lipinski definition) is 1. The topological polar surface area (TPSA) is 49.1 Å². The first-order chi connectivity index (χ1) is 16.9. The maximum absolute atomic E-state index is 5.53. The Morgan fingerprint density at radius 3 is 2.34 bits per heavy atom. The average molecular weight is 465 g/mol. The third-order valence-electron chi connectivity index (χ3n) is 5.40. The maximum atomic E-state index is 5.53. The Hall–Kier alpha value is -4.23. The largest absolute Gasteiger partial charge is 0.345 e. The summed E-state index contributed by atoms with van der Waals surface area (Å²) in [5.41, 5.74) is 7.76. The van der Waals surface area contributed by atoms with Crippen molar-refractivity contribution in [3.8, 4) is 12.3 Å². The van der Waals surface area contributed by atoms with Crippen LogP contribution in [0, 0.1) is 12.3 Å². The first kappa shape index (κ1) is 28.8. The van der Waals surface area contributed by atoms with Gasteiger partial charge in [0.2, 0.25) is 0 Å². The van der Waals surface area contributed by atoms with Crippen LogP contribution < -0.4 is 5.32 Å². The molecule has 1 aliphatic carbocycles. The quantitative estimate of drug-likeness (QED) is 0.172. The summed E-state index contributed by atoms with van der Waals surface area (Å²) in [4.78, 5) is 13.2. The molecule has 35 heavy (non-hydrogen) atoms. The summed E-state index contributed by atoms with van der Waals surface area (Å²) in [5, 5.41) is 3.34. The van der Waals surface area contributed by atoms with Gasteiger partial charge in [-0.05, 0) is 90.8 Å². The Bertz CT molecular complexity index is 1180. The number of allylic oxidation sites excluding steroid dienone is 14. The van der Waals surface area contributed by atoms with Crippen LogP contribution in [0.1, 0.15) is 20.8 Å². The lowest BCUT2D eigenvalue weighted by Crippen LogP contribution is -2.35. The first-order valence-electron chi connectivity index (χ1n) is 11.2. The summed E-state index contributed by atoms with van der Waals surface area (Å²) >= 11 is 0. The zero-order chi connectivity index (χ0) is 26.4. The fraction of sp³-hybridized carbons (Fsp3) is 0.194. The predicted molar refractivity (Wildman–Crippen MR) is 156 cm³/mol. The minimum absolute atomic E-state index is 0.414. The second kappa shape index (κ2) is 14.8. The van der Waals surface area contributed by atoms with E-state index in [1.54, 1.807) is 38.4 Å². The molecule has 0 spiro atoms. The van der Waals surface area contributed by atoms with E-state index < -0.39 is 6.17 Å². The summed E-state index contributed by atoms with van der Waals surface area (Å²) in [6.07, 6.45) is 24.0. The molecule has 0 radical (unpaired) electrons. The molecule has 1 unspecified atom stereocenters. The van der Waals surface area contributed by atoms with Gasteiger partial charge in [0.1, 0.15) is 12.0 Å². The molecule has 4 heteroatoms. The highest BCUT2D eigenvalue weighted by Gasteiger charge is 2.21. The number of aliphatic imine (C=N–C) groups is 3. The first-order valence-corrected chi connectivity index (χ1v) is 11.2. The summed E-state index contributed by atoms with van der Waals surface area (Å²) in [5.74, 6) is 3.27. The van der Waals surface area contributed by atoms with Crippen molar-refractivity contribution in [3.05, 3.63) is 120 Å². The molecule has 0 amide bonds. The molecule has 0 heterocycles. The highest BCUT2D eigenvalue weighted by Crippen LogP contribution is 2.33. The Balaban J connectivity index is 3.65. The van der Waals surface area contributed by atoms with Crippen molar-refractivity contribution in [1.82, 2.24) is 5.32 Å². The number of rotatable bonds is 10. The van der Waals surface area contributed by atoms with Gasteiger partial charge in [-0.2, -0.15) is 0 Å². The lowest BCUT2D eigenvalue weighted by molar-refractivity contribution is 0.746. The smallest absolute Gasteiger partial charge is 0.145 e. The molecule has 1 rings (SSSR count). The standard InChI is InChI=1S/C31H36N4/c1-11-16-19-27-23(7)29(32-8)25(15-5)21-28(27)26(18-13-3)20-22(6)30(33-9)35-31(34-10)24(14-4)17-12-2/h1,12-21,31H,2-4,10H2,5-9H3,(H,33,35)/b19-16-,22-20+,24-17+,25-15-,26-18+,32-29-. The molecule has 1 aliphatic rings. The lowest BCUT2D eigenvalue weighted by Gasteiger charge is -2.23. The number of terminal acetylenes is 1. The Labute approximate surface area is 211 Å². The van der Waals surface area contributed by atoms with Gasteiger partial charge in [-0.25, -0.2) is 0 Å². The average Bonchev–Trinajstić information content (AvgIpc) is 2.86. The molecule has 180 valence electrons. The lowest BCUT2D eigenvalue weighted by atomic mass is 9.82. The van der Waals surface area contributed by atoms with Gasteiger partial charge in [0.25, 0.3) is 0 Å². The molecule has 0 aliphatic heterocycles. The molecule has 1 N–H and O–H groups in total. The van der Waals surface area contributed by atoms with Gasteiger partial charge < -0.3 is 5.32 Å². The van der Waals surface area contributed by atoms with Crippen molar-refractivity contribution in [3.63, 3.8) is 0 Å². The molecule has 0 fully saturated rings. The molecule has 0 aromatic heterocycles. The summed E-state index contributed by atoms with van der Waals surface area (Å²) in [6, 6.07) is 0. The summed E-state index contributed by atoms with van der Waals surface area (Å²) in [6.45, 7) is 21.3. The minimum Gasteiger partial charge on any atom is -0.345 e. The fourth-order valence-corrected chi connectivity index (χ4v) is 3.72. The van der Waals surface area contributed by atoms with Crippen molar-refractivity contribution in [1.29, 1.82) is 0 Å². The van der Waals surface area contributed by atoms with Crippen LogP contribution >= 0.6 is 0 Å². The Kier molecular flexibility index (Phi) is 12.2. The van der Waals surface area contributed by atoms with E-state index in [0.29, 0.717) is 5.84 Å². The summed E-state index contributed by atoms with van der Waals surface area (Å²) in [7, 11) is 3.53. The Morgan fingerprint density at radius 1 is 1.17 bits per heavy atom. The normalized spacial score (nSPS) is 18.9. The van der Waals surface area contributed by atoms with Crippen molar-refractivity contribution in [2.75, 3.05) is 14.1 Å². The minimum atomic E-state index is -0.414. The molecule has 4 nitrogen and oxygen atoms in total. The highest BCUT2D eigenvalue weighted by molar-refractivity contribution is 6.16. The van der Waals surface area contributed by atoms with Gasteiger partial charge in [0.15, 0.2) is 0 Å². The number of nitrogens with zero attached hydrogens (tertiary/aromatic N) is 3. The van der Waals surface area contributed by atoms with Crippen molar-refractivity contribution < 1.29 is 0 Å². The van der Waals surface area contributed by atoms with Crippen LogP contribution in [0.3, 0.4) is 0 Å². The highest BCUT2D eigenvalue weighted by atomic mass is 15.1. The molecule has 0 aromatic rings. The van der Waals surface area contributed by atoms with Gasteiger partial charge in [-0.3, -0.25) is 15.0 Å². The van der Waals surface area contributed by atoms with Crippen molar-refractivity contribution >= 4 is 18.3 Å². The van der Waals surface area contributed by atoms with Gasteiger partial charge in [0, 0.05) is 14.1 Å². The fourth-order valence-electron chi connectivity index (χ4n) is 3.72. The van der Waals surface area contributed by atoms with Gasteiger partial charge >= 0.3 is 0 Å². The van der Waals surface area contributed by atoms with Crippen LogP contribution in [0.25, 0.3) is 0 Å². The van der Waals surface area contributed by atoms with Crippen LogP contribution in [0.4, 0.5) is 0 Å². The van der Waals surface area contributed by atoms with Crippen LogP contribution in [0.5, 0.6) is 0 Å². The van der Waals surface area contributed by atoms with Gasteiger partial charge in [0.05, 0.1) is 5.71 Å². The van der Waals surface area contributed by atoms with Crippen LogP contribution in [-0.4, -0.2) is 38.5 Å². The number of amidine groups is 1. The molecular formula is C31H36N4. The molecule has 0 bridgehead atoms. The van der Waals surface area contributed by atoms with E-state index in [4.69, 9.17) is 6.42 Å². The second-order valence-corrected chi connectivity index (χ2v) is 7.51. The molecule has 1 atom stereocenters. The third kappa shape index (κ3) is 7.38. The van der Waals surface area contributed by atoms with E-state index in [1.807, 2.05) is 32.1 Å². The van der Waals surface area contributed by atoms with E-state index in [-0.39, 0.29) is 0 Å². The van der Waals surface area contributed by atoms with E-state index in [0.717, 1.165) is 44.7 Å². The van der Waals surface area contributed by atoms with E-state index >= 15 is 0 Å². The van der Waals surface area contributed by atoms with E-state index in [2.05, 4.69) is 77.8 Å². The molecule has 0 aromatic carbocycles. The maximum Gasteiger partial charge on any atom is 0.145 e. The number of hydrogen-bond acceptors (Lipinski definition) is 3. The summed E-state index contributed by atoms with van der Waals surface area (Å²) < 4.78 is 0.